The summed E-state index contributed by atoms with van der Waals surface area (Å²) >= 11 is 0. The van der Waals surface area contributed by atoms with Gasteiger partial charge in [0.2, 0.25) is 0 Å². The summed E-state index contributed by atoms with van der Waals surface area (Å²) in [5, 5.41) is 3.76. The molecule has 0 N–H and O–H groups in total. The fraction of sp³-hybridized carbons (Fsp3) is 0.417. The Morgan fingerprint density at radius 2 is 2.12 bits per heavy atom. The van der Waals surface area contributed by atoms with Crippen LogP contribution in [0.1, 0.15) is 31.5 Å². The Hall–Kier alpha value is -1.52. The van der Waals surface area contributed by atoms with Crippen LogP contribution in [0, 0.1) is 6.92 Å². The SMILES string of the molecule is CCC=CC=C(C)n1ncc(C)c1C(F)(F)F. The lowest BCUT2D eigenvalue weighted by Crippen LogP contribution is -2.14. The summed E-state index contributed by atoms with van der Waals surface area (Å²) in [5.41, 5.74) is -0.143. The largest absolute Gasteiger partial charge is 0.433 e. The van der Waals surface area contributed by atoms with Crippen LogP contribution in [0.25, 0.3) is 5.70 Å². The number of nitrogens with zero attached hydrogens (tertiary/aromatic N) is 2. The molecule has 0 bridgehead atoms. The van der Waals surface area contributed by atoms with Crippen molar-refractivity contribution in [3.05, 3.63) is 35.7 Å². The highest BCUT2D eigenvalue weighted by molar-refractivity contribution is 5.47. The van der Waals surface area contributed by atoms with E-state index in [-0.39, 0.29) is 5.56 Å². The number of hydrogen-bond donors (Lipinski definition) is 0. The van der Waals surface area contributed by atoms with Gasteiger partial charge >= 0.3 is 6.18 Å². The van der Waals surface area contributed by atoms with Gasteiger partial charge in [0.25, 0.3) is 0 Å². The highest BCUT2D eigenvalue weighted by Gasteiger charge is 2.37. The van der Waals surface area contributed by atoms with E-state index in [1.165, 1.54) is 13.1 Å². The molecule has 2 nitrogen and oxygen atoms in total. The Morgan fingerprint density at radius 3 is 2.65 bits per heavy atom. The molecule has 1 rings (SSSR count). The van der Waals surface area contributed by atoms with Gasteiger partial charge in [-0.15, -0.1) is 0 Å². The predicted octanol–water partition coefficient (Wildman–Crippen LogP) is 4.04. The summed E-state index contributed by atoms with van der Waals surface area (Å²) in [6.07, 6.45) is 2.90. The minimum absolute atomic E-state index is 0.129. The number of aryl methyl sites for hydroxylation is 1. The standard InChI is InChI=1S/C12H15F3N2/c1-4-5-6-7-10(3)17-11(12(13,14)15)9(2)8-16-17/h5-8H,4H2,1-3H3. The van der Waals surface area contributed by atoms with Crippen molar-refractivity contribution in [2.24, 2.45) is 0 Å². The van der Waals surface area contributed by atoms with Crippen LogP contribution in [0.5, 0.6) is 0 Å². The molecular weight excluding hydrogens is 229 g/mol. The van der Waals surface area contributed by atoms with Gasteiger partial charge in [0.1, 0.15) is 0 Å². The lowest BCUT2D eigenvalue weighted by molar-refractivity contribution is -0.143. The molecule has 17 heavy (non-hydrogen) atoms. The number of allylic oxidation sites excluding steroid dienone is 4. The summed E-state index contributed by atoms with van der Waals surface area (Å²) in [6, 6.07) is 0. The molecule has 0 aliphatic rings. The molecule has 0 aliphatic heterocycles. The molecule has 0 aliphatic carbocycles. The predicted molar refractivity (Wildman–Crippen MR) is 61.3 cm³/mol. The van der Waals surface area contributed by atoms with Crippen LogP contribution in [0.2, 0.25) is 0 Å². The maximum atomic E-state index is 12.8. The third-order valence-electron chi connectivity index (χ3n) is 2.26. The van der Waals surface area contributed by atoms with E-state index in [1.54, 1.807) is 19.1 Å². The van der Waals surface area contributed by atoms with Crippen LogP contribution >= 0.6 is 0 Å². The summed E-state index contributed by atoms with van der Waals surface area (Å²) < 4.78 is 39.3. The van der Waals surface area contributed by atoms with E-state index in [1.807, 2.05) is 13.0 Å². The number of alkyl halides is 3. The molecule has 0 amide bonds. The topological polar surface area (TPSA) is 17.8 Å². The van der Waals surface area contributed by atoms with E-state index in [9.17, 15) is 13.2 Å². The molecular formula is C12H15F3N2. The molecule has 1 aromatic heterocycles. The fourth-order valence-electron chi connectivity index (χ4n) is 1.46. The van der Waals surface area contributed by atoms with Gasteiger partial charge in [0.15, 0.2) is 5.69 Å². The number of aromatic nitrogens is 2. The number of halogens is 3. The average Bonchev–Trinajstić information content (AvgIpc) is 2.60. The monoisotopic (exact) mass is 244 g/mol. The lowest BCUT2D eigenvalue weighted by atomic mass is 10.2. The first-order valence-corrected chi connectivity index (χ1v) is 5.33. The van der Waals surface area contributed by atoms with Crippen molar-refractivity contribution in [2.45, 2.75) is 33.4 Å². The van der Waals surface area contributed by atoms with Crippen molar-refractivity contribution in [3.8, 4) is 0 Å². The summed E-state index contributed by atoms with van der Waals surface area (Å²) in [7, 11) is 0. The molecule has 0 atom stereocenters. The van der Waals surface area contributed by atoms with Crippen LogP contribution in [0.4, 0.5) is 13.2 Å². The molecule has 0 fully saturated rings. The second kappa shape index (κ2) is 5.21. The van der Waals surface area contributed by atoms with Crippen LogP contribution in [0.3, 0.4) is 0 Å². The summed E-state index contributed by atoms with van der Waals surface area (Å²) in [6.45, 7) is 4.96. The van der Waals surface area contributed by atoms with Crippen molar-refractivity contribution in [2.75, 3.05) is 0 Å². The highest BCUT2D eigenvalue weighted by Crippen LogP contribution is 2.32. The van der Waals surface area contributed by atoms with E-state index in [0.29, 0.717) is 5.70 Å². The molecule has 0 radical (unpaired) electrons. The molecule has 0 spiro atoms. The highest BCUT2D eigenvalue weighted by atomic mass is 19.4. The Labute approximate surface area is 98.4 Å². The zero-order chi connectivity index (χ0) is 13.1. The molecule has 1 heterocycles. The van der Waals surface area contributed by atoms with E-state index in [2.05, 4.69) is 5.10 Å². The zero-order valence-corrected chi connectivity index (χ0v) is 10.0. The van der Waals surface area contributed by atoms with Crippen molar-refractivity contribution in [1.29, 1.82) is 0 Å². The smallest absolute Gasteiger partial charge is 0.233 e. The molecule has 0 unspecified atom stereocenters. The Bertz CT molecular complexity index is 439. The first kappa shape index (κ1) is 13.5. The molecule has 0 saturated carbocycles. The van der Waals surface area contributed by atoms with Gasteiger partial charge in [-0.2, -0.15) is 18.3 Å². The first-order valence-electron chi connectivity index (χ1n) is 5.33. The Morgan fingerprint density at radius 1 is 1.47 bits per heavy atom. The molecule has 0 saturated heterocycles. The maximum Gasteiger partial charge on any atom is 0.433 e. The Kier molecular flexibility index (Phi) is 4.15. The van der Waals surface area contributed by atoms with Crippen LogP contribution in [0.15, 0.2) is 24.4 Å². The van der Waals surface area contributed by atoms with Gasteiger partial charge in [0.05, 0.1) is 6.20 Å². The number of hydrogen-bond acceptors (Lipinski definition) is 1. The molecule has 0 aromatic carbocycles. The van der Waals surface area contributed by atoms with Gasteiger partial charge in [-0.3, -0.25) is 0 Å². The van der Waals surface area contributed by atoms with E-state index in [4.69, 9.17) is 0 Å². The quantitative estimate of drug-likeness (QED) is 0.734. The van der Waals surface area contributed by atoms with Crippen molar-refractivity contribution in [3.63, 3.8) is 0 Å². The zero-order valence-electron chi connectivity index (χ0n) is 10.0. The molecule has 5 heteroatoms. The van der Waals surface area contributed by atoms with Crippen molar-refractivity contribution < 1.29 is 13.2 Å². The fourth-order valence-corrected chi connectivity index (χ4v) is 1.46. The van der Waals surface area contributed by atoms with Gasteiger partial charge < -0.3 is 0 Å². The maximum absolute atomic E-state index is 12.8. The van der Waals surface area contributed by atoms with Crippen LogP contribution in [-0.4, -0.2) is 9.78 Å². The molecule has 94 valence electrons. The van der Waals surface area contributed by atoms with Crippen molar-refractivity contribution >= 4 is 5.70 Å². The third-order valence-corrected chi connectivity index (χ3v) is 2.26. The third kappa shape index (κ3) is 3.22. The van der Waals surface area contributed by atoms with E-state index >= 15 is 0 Å². The lowest BCUT2D eigenvalue weighted by Gasteiger charge is -2.11. The normalized spacial score (nSPS) is 13.6. The van der Waals surface area contributed by atoms with Crippen molar-refractivity contribution in [1.82, 2.24) is 9.78 Å². The van der Waals surface area contributed by atoms with Crippen LogP contribution < -0.4 is 0 Å². The van der Waals surface area contributed by atoms with Gasteiger partial charge in [0, 0.05) is 5.70 Å². The van der Waals surface area contributed by atoms with Crippen LogP contribution in [-0.2, 0) is 6.18 Å². The minimum atomic E-state index is -4.38. The minimum Gasteiger partial charge on any atom is -0.233 e. The second-order valence-electron chi connectivity index (χ2n) is 3.73. The molecule has 1 aromatic rings. The first-order chi connectivity index (χ1) is 7.88. The van der Waals surface area contributed by atoms with Gasteiger partial charge in [-0.05, 0) is 31.9 Å². The number of rotatable bonds is 3. The van der Waals surface area contributed by atoms with Gasteiger partial charge in [-0.1, -0.05) is 19.1 Å². The van der Waals surface area contributed by atoms with E-state index in [0.717, 1.165) is 11.1 Å². The van der Waals surface area contributed by atoms with E-state index < -0.39 is 11.9 Å². The second-order valence-corrected chi connectivity index (χ2v) is 3.73. The average molecular weight is 244 g/mol. The summed E-state index contributed by atoms with van der Waals surface area (Å²) in [4.78, 5) is 0. The Balaban J connectivity index is 3.15. The summed E-state index contributed by atoms with van der Waals surface area (Å²) in [5.74, 6) is 0. The van der Waals surface area contributed by atoms with Gasteiger partial charge in [-0.25, -0.2) is 4.68 Å².